The SMILES string of the molecule is COc1ccc(S(=O)(=O)Oc2cccc(/C=C3\SC(=O)N(Cc4cccc(Cl)c4)C3=O)c2)cc1. The summed E-state index contributed by atoms with van der Waals surface area (Å²) in [5.74, 6) is 0.153. The fourth-order valence-corrected chi connectivity index (χ4v) is 5.15. The van der Waals surface area contributed by atoms with Gasteiger partial charge in [-0.15, -0.1) is 0 Å². The second kappa shape index (κ2) is 9.92. The van der Waals surface area contributed by atoms with Gasteiger partial charge < -0.3 is 8.92 Å². The van der Waals surface area contributed by atoms with Gasteiger partial charge in [-0.1, -0.05) is 35.9 Å². The number of nitrogens with zero attached hydrogens (tertiary/aromatic N) is 1. The number of thioether (sulfide) groups is 1. The predicted molar refractivity (Wildman–Crippen MR) is 130 cm³/mol. The summed E-state index contributed by atoms with van der Waals surface area (Å²) in [6, 6.07) is 19.0. The maximum Gasteiger partial charge on any atom is 0.339 e. The molecular formula is C24H18ClNO6S2. The van der Waals surface area contributed by atoms with Crippen molar-refractivity contribution < 1.29 is 26.9 Å². The third kappa shape index (κ3) is 5.44. The van der Waals surface area contributed by atoms with Crippen molar-refractivity contribution in [2.75, 3.05) is 7.11 Å². The number of hydrogen-bond acceptors (Lipinski definition) is 7. The highest BCUT2D eigenvalue weighted by atomic mass is 35.5. The van der Waals surface area contributed by atoms with Crippen LogP contribution in [0.5, 0.6) is 11.5 Å². The highest BCUT2D eigenvalue weighted by Crippen LogP contribution is 2.34. The van der Waals surface area contributed by atoms with E-state index in [0.717, 1.165) is 22.2 Å². The highest BCUT2D eigenvalue weighted by molar-refractivity contribution is 8.18. The standard InChI is InChI=1S/C24H18ClNO6S2/c1-31-19-8-10-21(11-9-19)34(29,30)32-20-7-3-4-16(13-20)14-22-23(27)26(24(28)33-22)15-17-5-2-6-18(25)12-17/h2-14H,15H2,1H3/b22-14-. The predicted octanol–water partition coefficient (Wildman–Crippen LogP) is 5.35. The van der Waals surface area contributed by atoms with Crippen LogP contribution < -0.4 is 8.92 Å². The minimum Gasteiger partial charge on any atom is -0.497 e. The van der Waals surface area contributed by atoms with E-state index in [1.165, 1.54) is 49.6 Å². The van der Waals surface area contributed by atoms with Crippen LogP contribution in [0, 0.1) is 0 Å². The number of imide groups is 1. The Balaban J connectivity index is 1.51. The van der Waals surface area contributed by atoms with E-state index in [1.54, 1.807) is 36.4 Å². The molecule has 0 atom stereocenters. The maximum atomic E-state index is 12.8. The molecule has 1 saturated heterocycles. The molecule has 1 aliphatic rings. The lowest BCUT2D eigenvalue weighted by Gasteiger charge is -2.12. The molecule has 174 valence electrons. The Kier molecular flexibility index (Phi) is 6.97. The number of hydrogen-bond donors (Lipinski definition) is 0. The Morgan fingerprint density at radius 3 is 2.41 bits per heavy atom. The van der Waals surface area contributed by atoms with Crippen molar-refractivity contribution >= 4 is 50.7 Å². The van der Waals surface area contributed by atoms with E-state index in [2.05, 4.69) is 0 Å². The van der Waals surface area contributed by atoms with Gasteiger partial charge in [0.25, 0.3) is 11.1 Å². The summed E-state index contributed by atoms with van der Waals surface area (Å²) in [6.07, 6.45) is 1.52. The molecule has 7 nitrogen and oxygen atoms in total. The number of rotatable bonds is 7. The topological polar surface area (TPSA) is 90.0 Å². The maximum absolute atomic E-state index is 12.8. The van der Waals surface area contributed by atoms with E-state index < -0.39 is 21.3 Å². The quantitative estimate of drug-likeness (QED) is 0.309. The van der Waals surface area contributed by atoms with Gasteiger partial charge >= 0.3 is 10.1 Å². The zero-order chi connectivity index (χ0) is 24.3. The van der Waals surface area contributed by atoms with Gasteiger partial charge in [-0.2, -0.15) is 8.42 Å². The molecule has 2 amide bonds. The lowest BCUT2D eigenvalue weighted by Crippen LogP contribution is -2.27. The summed E-state index contributed by atoms with van der Waals surface area (Å²) >= 11 is 6.80. The van der Waals surface area contributed by atoms with Crippen LogP contribution >= 0.6 is 23.4 Å². The Morgan fingerprint density at radius 1 is 0.971 bits per heavy atom. The van der Waals surface area contributed by atoms with Crippen molar-refractivity contribution in [2.45, 2.75) is 11.4 Å². The Hall–Kier alpha value is -3.27. The van der Waals surface area contributed by atoms with Crippen LogP contribution in [0.4, 0.5) is 4.79 Å². The van der Waals surface area contributed by atoms with Crippen molar-refractivity contribution in [2.24, 2.45) is 0 Å². The van der Waals surface area contributed by atoms with E-state index in [1.807, 2.05) is 0 Å². The monoisotopic (exact) mass is 515 g/mol. The molecule has 1 aliphatic heterocycles. The van der Waals surface area contributed by atoms with Gasteiger partial charge in [0.05, 0.1) is 18.6 Å². The first-order valence-electron chi connectivity index (χ1n) is 9.93. The zero-order valence-corrected chi connectivity index (χ0v) is 20.2. The van der Waals surface area contributed by atoms with Crippen molar-refractivity contribution in [3.8, 4) is 11.5 Å². The van der Waals surface area contributed by atoms with Crippen LogP contribution in [-0.4, -0.2) is 31.6 Å². The second-order valence-corrected chi connectivity index (χ2v) is 10.2. The van der Waals surface area contributed by atoms with Gasteiger partial charge in [-0.3, -0.25) is 14.5 Å². The molecular weight excluding hydrogens is 498 g/mol. The van der Waals surface area contributed by atoms with Crippen LogP contribution in [0.15, 0.2) is 82.6 Å². The molecule has 0 aromatic heterocycles. The van der Waals surface area contributed by atoms with Crippen molar-refractivity contribution in [3.63, 3.8) is 0 Å². The van der Waals surface area contributed by atoms with Crippen LogP contribution in [-0.2, 0) is 21.5 Å². The molecule has 1 fully saturated rings. The molecule has 0 bridgehead atoms. The summed E-state index contributed by atoms with van der Waals surface area (Å²) in [5, 5.41) is 0.118. The van der Waals surface area contributed by atoms with Crippen LogP contribution in [0.2, 0.25) is 5.02 Å². The Morgan fingerprint density at radius 2 is 1.71 bits per heavy atom. The molecule has 34 heavy (non-hydrogen) atoms. The van der Waals surface area contributed by atoms with Crippen LogP contribution in [0.25, 0.3) is 6.08 Å². The number of benzene rings is 3. The van der Waals surface area contributed by atoms with Gasteiger partial charge in [0.2, 0.25) is 0 Å². The smallest absolute Gasteiger partial charge is 0.339 e. The molecule has 0 saturated carbocycles. The zero-order valence-electron chi connectivity index (χ0n) is 17.8. The largest absolute Gasteiger partial charge is 0.497 e. The number of halogens is 1. The number of methoxy groups -OCH3 is 1. The summed E-state index contributed by atoms with van der Waals surface area (Å²) in [6.45, 7) is 0.103. The molecule has 0 unspecified atom stereocenters. The summed E-state index contributed by atoms with van der Waals surface area (Å²) in [5.41, 5.74) is 1.24. The molecule has 0 spiro atoms. The van der Waals surface area contributed by atoms with E-state index in [4.69, 9.17) is 20.5 Å². The van der Waals surface area contributed by atoms with E-state index >= 15 is 0 Å². The van der Waals surface area contributed by atoms with Crippen molar-refractivity contribution in [1.82, 2.24) is 4.90 Å². The third-order valence-corrected chi connectivity index (χ3v) is 7.22. The number of amides is 2. The van der Waals surface area contributed by atoms with Gasteiger partial charge in [0, 0.05) is 5.02 Å². The van der Waals surface area contributed by atoms with E-state index in [9.17, 15) is 18.0 Å². The van der Waals surface area contributed by atoms with Gasteiger partial charge in [0.1, 0.15) is 16.4 Å². The lowest BCUT2D eigenvalue weighted by molar-refractivity contribution is -0.123. The number of ether oxygens (including phenoxy) is 1. The molecule has 1 heterocycles. The molecule has 3 aromatic carbocycles. The summed E-state index contributed by atoms with van der Waals surface area (Å²) < 4.78 is 35.5. The highest BCUT2D eigenvalue weighted by Gasteiger charge is 2.35. The Labute approximate surface area is 206 Å². The van der Waals surface area contributed by atoms with Crippen molar-refractivity contribution in [1.29, 1.82) is 0 Å². The molecule has 10 heteroatoms. The first-order chi connectivity index (χ1) is 16.2. The van der Waals surface area contributed by atoms with Gasteiger partial charge in [-0.25, -0.2) is 0 Å². The van der Waals surface area contributed by atoms with E-state index in [-0.39, 0.29) is 22.1 Å². The second-order valence-electron chi connectivity index (χ2n) is 7.18. The average Bonchev–Trinajstić information content (AvgIpc) is 3.06. The minimum absolute atomic E-state index is 0.0270. The van der Waals surface area contributed by atoms with Gasteiger partial charge in [0.15, 0.2) is 0 Å². The minimum atomic E-state index is -4.07. The average molecular weight is 516 g/mol. The van der Waals surface area contributed by atoms with Crippen LogP contribution in [0.1, 0.15) is 11.1 Å². The summed E-state index contributed by atoms with van der Waals surface area (Å²) in [4.78, 5) is 26.6. The molecule has 0 aliphatic carbocycles. The summed E-state index contributed by atoms with van der Waals surface area (Å²) in [7, 11) is -2.59. The molecule has 4 rings (SSSR count). The molecule has 3 aromatic rings. The lowest BCUT2D eigenvalue weighted by atomic mass is 10.2. The third-order valence-electron chi connectivity index (χ3n) is 4.81. The fourth-order valence-electron chi connectivity index (χ4n) is 3.18. The molecule has 0 radical (unpaired) electrons. The number of carbonyl (C=O) groups is 2. The number of carbonyl (C=O) groups excluding carboxylic acids is 2. The Bertz CT molecular complexity index is 1390. The fraction of sp³-hybridized carbons (Fsp3) is 0.0833. The van der Waals surface area contributed by atoms with E-state index in [0.29, 0.717) is 16.3 Å². The first kappa shape index (κ1) is 23.9. The van der Waals surface area contributed by atoms with Crippen molar-refractivity contribution in [3.05, 3.63) is 93.9 Å². The van der Waals surface area contributed by atoms with Gasteiger partial charge in [-0.05, 0) is 77.5 Å². The first-order valence-corrected chi connectivity index (χ1v) is 12.5. The normalized spacial score (nSPS) is 15.1. The van der Waals surface area contributed by atoms with Crippen LogP contribution in [0.3, 0.4) is 0 Å². The molecule has 0 N–H and O–H groups in total.